The lowest BCUT2D eigenvalue weighted by Gasteiger charge is -2.10. The average molecular weight is 320 g/mol. The largest absolute Gasteiger partial charge is 0.465 e. The monoisotopic (exact) mass is 320 g/mol. The number of hydrogen-bond acceptors (Lipinski definition) is 4. The van der Waals surface area contributed by atoms with Gasteiger partial charge in [-0.25, -0.2) is 21.3 Å². The number of esters is 1. The number of methoxy groups -OCH3 is 1. The van der Waals surface area contributed by atoms with Gasteiger partial charge in [-0.2, -0.15) is 0 Å². The predicted molar refractivity (Wildman–Crippen MR) is 90.5 cm³/mol. The molecule has 1 aromatic carbocycles. The van der Waals surface area contributed by atoms with Crippen LogP contribution in [-0.2, 0) is 18.2 Å². The molecule has 24 heavy (non-hydrogen) atoms. The van der Waals surface area contributed by atoms with Gasteiger partial charge in [0.15, 0.2) is 0 Å². The van der Waals surface area contributed by atoms with Gasteiger partial charge in [0.2, 0.25) is 6.54 Å². The van der Waals surface area contributed by atoms with E-state index in [0.29, 0.717) is 29.7 Å². The Balaban J connectivity index is 2.20. The molecule has 0 fully saturated rings. The Morgan fingerprint density at radius 2 is 2.21 bits per heavy atom. The lowest BCUT2D eigenvalue weighted by atomic mass is 10.0. The van der Waals surface area contributed by atoms with Crippen LogP contribution in [0, 0.1) is 6.57 Å². The van der Waals surface area contributed by atoms with Crippen molar-refractivity contribution in [3.8, 4) is 11.4 Å². The minimum atomic E-state index is -0.409. The number of imidazole rings is 1. The normalized spacial score (nSPS) is 10.5. The van der Waals surface area contributed by atoms with E-state index in [1.54, 1.807) is 18.6 Å². The number of benzene rings is 1. The minimum absolute atomic E-state index is 0.409. The molecule has 0 unspecified atom stereocenters. The van der Waals surface area contributed by atoms with Crippen molar-refractivity contribution in [1.82, 2.24) is 14.5 Å². The Labute approximate surface area is 139 Å². The number of nitrogens with zero attached hydrogens (tertiary/aromatic N) is 4. The van der Waals surface area contributed by atoms with Gasteiger partial charge in [-0.15, -0.1) is 0 Å². The Morgan fingerprint density at radius 1 is 1.38 bits per heavy atom. The van der Waals surface area contributed by atoms with Crippen LogP contribution in [0.4, 0.5) is 0 Å². The Bertz CT molecular complexity index is 953. The molecule has 120 valence electrons. The van der Waals surface area contributed by atoms with Gasteiger partial charge in [-0.3, -0.25) is 0 Å². The van der Waals surface area contributed by atoms with E-state index in [1.807, 2.05) is 29.8 Å². The summed E-state index contributed by atoms with van der Waals surface area (Å²) in [5.41, 5.74) is 3.65. The van der Waals surface area contributed by atoms with E-state index in [0.717, 1.165) is 16.6 Å². The van der Waals surface area contributed by atoms with Crippen molar-refractivity contribution in [3.63, 3.8) is 0 Å². The summed E-state index contributed by atoms with van der Waals surface area (Å²) in [5, 5.41) is 0.732. The zero-order chi connectivity index (χ0) is 17.1. The third-order valence-corrected chi connectivity index (χ3v) is 3.87. The first-order valence-electron chi connectivity index (χ1n) is 7.46. The Morgan fingerprint density at radius 3 is 2.88 bits per heavy atom. The summed E-state index contributed by atoms with van der Waals surface area (Å²) in [5.74, 6) is -0.409. The highest BCUT2D eigenvalue weighted by Crippen LogP contribution is 2.26. The quantitative estimate of drug-likeness (QED) is 0.548. The van der Waals surface area contributed by atoms with Gasteiger partial charge < -0.3 is 14.1 Å². The Hall–Kier alpha value is -3.20. The molecule has 0 saturated carbocycles. The molecule has 2 heterocycles. The summed E-state index contributed by atoms with van der Waals surface area (Å²) in [4.78, 5) is 24.4. The van der Waals surface area contributed by atoms with Crippen LogP contribution in [0.1, 0.15) is 15.9 Å². The predicted octanol–water partition coefficient (Wildman–Crippen LogP) is 2.88. The van der Waals surface area contributed by atoms with E-state index in [4.69, 9.17) is 11.3 Å². The molecule has 6 heteroatoms. The number of hydrogen-bond donors (Lipinski definition) is 0. The number of ether oxygens (including phenoxy) is 1. The van der Waals surface area contributed by atoms with E-state index < -0.39 is 5.97 Å². The summed E-state index contributed by atoms with van der Waals surface area (Å²) < 4.78 is 6.78. The van der Waals surface area contributed by atoms with Gasteiger partial charge in [0.25, 0.3) is 0 Å². The van der Waals surface area contributed by atoms with Crippen LogP contribution >= 0.6 is 0 Å². The molecule has 0 bridgehead atoms. The number of aryl methyl sites for hydroxylation is 1. The van der Waals surface area contributed by atoms with Crippen molar-refractivity contribution < 1.29 is 9.53 Å². The first kappa shape index (κ1) is 15.7. The van der Waals surface area contributed by atoms with Crippen molar-refractivity contribution >= 4 is 16.9 Å². The second-order valence-corrected chi connectivity index (χ2v) is 5.42. The van der Waals surface area contributed by atoms with Crippen molar-refractivity contribution in [2.24, 2.45) is 7.05 Å². The molecule has 0 saturated heterocycles. The van der Waals surface area contributed by atoms with E-state index >= 15 is 0 Å². The Kier molecular flexibility index (Phi) is 4.25. The third kappa shape index (κ3) is 2.84. The zero-order valence-corrected chi connectivity index (χ0v) is 13.5. The number of fused-ring (bicyclic) bond motifs is 1. The molecule has 0 atom stereocenters. The van der Waals surface area contributed by atoms with Gasteiger partial charge >= 0.3 is 5.97 Å². The van der Waals surface area contributed by atoms with Crippen molar-refractivity contribution in [2.45, 2.75) is 6.42 Å². The van der Waals surface area contributed by atoms with Crippen LogP contribution in [0.3, 0.4) is 0 Å². The van der Waals surface area contributed by atoms with Crippen LogP contribution in [0.2, 0.25) is 0 Å². The fourth-order valence-corrected chi connectivity index (χ4v) is 2.63. The topological polar surface area (TPSA) is 61.4 Å². The molecule has 0 radical (unpaired) electrons. The number of aromatic nitrogens is 3. The van der Waals surface area contributed by atoms with Gasteiger partial charge in [0.1, 0.15) is 0 Å². The second kappa shape index (κ2) is 6.50. The van der Waals surface area contributed by atoms with Crippen molar-refractivity contribution in [1.29, 1.82) is 0 Å². The lowest BCUT2D eigenvalue weighted by Crippen LogP contribution is -2.05. The number of carbonyl (C=O) groups is 1. The number of rotatable bonds is 4. The highest BCUT2D eigenvalue weighted by molar-refractivity contribution is 6.04. The van der Waals surface area contributed by atoms with Crippen LogP contribution in [0.15, 0.2) is 36.8 Å². The third-order valence-electron chi connectivity index (χ3n) is 3.87. The van der Waals surface area contributed by atoms with Gasteiger partial charge in [0, 0.05) is 18.9 Å². The second-order valence-electron chi connectivity index (χ2n) is 5.42. The van der Waals surface area contributed by atoms with Gasteiger partial charge in [-0.05, 0) is 23.8 Å². The van der Waals surface area contributed by atoms with Crippen molar-refractivity contribution in [2.75, 3.05) is 13.7 Å². The fourth-order valence-electron chi connectivity index (χ4n) is 2.63. The van der Waals surface area contributed by atoms with Gasteiger partial charge in [-0.1, -0.05) is 6.07 Å². The van der Waals surface area contributed by atoms with E-state index in [-0.39, 0.29) is 0 Å². The molecular formula is C18H16N4O2. The maximum absolute atomic E-state index is 12.2. The molecule has 0 aliphatic carbocycles. The van der Waals surface area contributed by atoms with E-state index in [9.17, 15) is 4.79 Å². The number of pyridine rings is 1. The van der Waals surface area contributed by atoms with E-state index in [2.05, 4.69) is 14.8 Å². The molecule has 2 aromatic heterocycles. The first-order chi connectivity index (χ1) is 11.6. The summed E-state index contributed by atoms with van der Waals surface area (Å²) in [6, 6.07) is 7.45. The molecule has 3 rings (SSSR count). The molecule has 0 aliphatic heterocycles. The van der Waals surface area contributed by atoms with Crippen LogP contribution in [0.5, 0.6) is 0 Å². The minimum Gasteiger partial charge on any atom is -0.465 e. The lowest BCUT2D eigenvalue weighted by molar-refractivity contribution is 0.0603. The van der Waals surface area contributed by atoms with Crippen LogP contribution in [0.25, 0.3) is 27.1 Å². The molecule has 3 aromatic rings. The average Bonchev–Trinajstić information content (AvgIpc) is 3.04. The SMILES string of the molecule is [C-]#[N+]CCc1ccc2nc(-c3cncn3C)cc(C(=O)OC)c2c1. The molecule has 0 aliphatic rings. The molecule has 0 N–H and O–H groups in total. The van der Waals surface area contributed by atoms with Crippen LogP contribution in [-0.4, -0.2) is 34.2 Å². The molecular weight excluding hydrogens is 304 g/mol. The summed E-state index contributed by atoms with van der Waals surface area (Å²) in [6.07, 6.45) is 4.04. The molecule has 6 nitrogen and oxygen atoms in total. The van der Waals surface area contributed by atoms with Crippen molar-refractivity contribution in [3.05, 3.63) is 59.3 Å². The first-order valence-corrected chi connectivity index (χ1v) is 7.46. The molecule has 0 amide bonds. The zero-order valence-electron chi connectivity index (χ0n) is 13.5. The summed E-state index contributed by atoms with van der Waals surface area (Å²) in [7, 11) is 3.24. The summed E-state index contributed by atoms with van der Waals surface area (Å²) in [6.45, 7) is 7.33. The highest BCUT2D eigenvalue weighted by Gasteiger charge is 2.16. The maximum atomic E-state index is 12.2. The van der Waals surface area contributed by atoms with E-state index in [1.165, 1.54) is 7.11 Å². The molecule has 0 spiro atoms. The number of carbonyl (C=O) groups excluding carboxylic acids is 1. The standard InChI is InChI=1S/C18H16N4O2/c1-19-7-6-12-4-5-15-13(8-12)14(18(23)24-3)9-16(21-15)17-10-20-11-22(17)2/h4-5,8-11H,6-7H2,2-3H3. The van der Waals surface area contributed by atoms with Crippen LogP contribution < -0.4 is 0 Å². The highest BCUT2D eigenvalue weighted by atomic mass is 16.5. The smallest absolute Gasteiger partial charge is 0.338 e. The fraction of sp³-hybridized carbons (Fsp3) is 0.222. The summed E-state index contributed by atoms with van der Waals surface area (Å²) >= 11 is 0. The maximum Gasteiger partial charge on any atom is 0.338 e. The van der Waals surface area contributed by atoms with Gasteiger partial charge in [0.05, 0.1) is 42.1 Å².